The maximum atomic E-state index is 4.40. The third-order valence-corrected chi connectivity index (χ3v) is 3.41. The summed E-state index contributed by atoms with van der Waals surface area (Å²) in [6, 6.07) is 0.493. The standard InChI is InChI=1S/C14H24N4/c1-4-12-13(15-5-2)16-9-17-14(12)18-10(3)8-11-6-7-11/h9-11H,4-8H2,1-3H3,(H2,15,16,17,18). The molecule has 1 aromatic heterocycles. The number of nitrogens with one attached hydrogen (secondary N) is 2. The molecule has 4 nitrogen and oxygen atoms in total. The minimum atomic E-state index is 0.493. The second kappa shape index (κ2) is 6.03. The van der Waals surface area contributed by atoms with Crippen molar-refractivity contribution in [2.24, 2.45) is 5.92 Å². The summed E-state index contributed by atoms with van der Waals surface area (Å²) in [5.74, 6) is 2.90. The van der Waals surface area contributed by atoms with Crippen LogP contribution in [0.15, 0.2) is 6.33 Å². The molecule has 0 radical (unpaired) electrons. The van der Waals surface area contributed by atoms with Gasteiger partial charge in [-0.3, -0.25) is 0 Å². The summed E-state index contributed by atoms with van der Waals surface area (Å²) in [5, 5.41) is 6.84. The van der Waals surface area contributed by atoms with E-state index < -0.39 is 0 Å². The van der Waals surface area contributed by atoms with Crippen molar-refractivity contribution in [2.75, 3.05) is 17.2 Å². The molecule has 1 aromatic rings. The molecule has 0 aliphatic heterocycles. The molecule has 2 N–H and O–H groups in total. The average Bonchev–Trinajstić information content (AvgIpc) is 3.13. The van der Waals surface area contributed by atoms with Crippen LogP contribution in [0.1, 0.15) is 45.6 Å². The lowest BCUT2D eigenvalue weighted by Gasteiger charge is -2.18. The molecule has 100 valence electrons. The van der Waals surface area contributed by atoms with E-state index >= 15 is 0 Å². The van der Waals surface area contributed by atoms with E-state index in [1.807, 2.05) is 0 Å². The predicted octanol–water partition coefficient (Wildman–Crippen LogP) is 3.07. The maximum Gasteiger partial charge on any atom is 0.134 e. The zero-order chi connectivity index (χ0) is 13.0. The Labute approximate surface area is 110 Å². The number of anilines is 2. The van der Waals surface area contributed by atoms with Crippen LogP contribution >= 0.6 is 0 Å². The molecule has 1 unspecified atom stereocenters. The first kappa shape index (κ1) is 13.1. The van der Waals surface area contributed by atoms with Gasteiger partial charge in [0, 0.05) is 18.2 Å². The Morgan fingerprint density at radius 1 is 1.28 bits per heavy atom. The quantitative estimate of drug-likeness (QED) is 0.778. The van der Waals surface area contributed by atoms with E-state index in [2.05, 4.69) is 41.4 Å². The molecule has 1 atom stereocenters. The third kappa shape index (κ3) is 3.34. The monoisotopic (exact) mass is 248 g/mol. The van der Waals surface area contributed by atoms with Crippen LogP contribution in [-0.2, 0) is 6.42 Å². The van der Waals surface area contributed by atoms with Crippen LogP contribution < -0.4 is 10.6 Å². The van der Waals surface area contributed by atoms with Gasteiger partial charge in [-0.15, -0.1) is 0 Å². The minimum Gasteiger partial charge on any atom is -0.370 e. The highest BCUT2D eigenvalue weighted by atomic mass is 15.1. The van der Waals surface area contributed by atoms with Gasteiger partial charge in [0.2, 0.25) is 0 Å². The van der Waals surface area contributed by atoms with Crippen LogP contribution in [-0.4, -0.2) is 22.6 Å². The van der Waals surface area contributed by atoms with Crippen LogP contribution in [0.3, 0.4) is 0 Å². The second-order valence-corrected chi connectivity index (χ2v) is 5.16. The summed E-state index contributed by atoms with van der Waals surface area (Å²) in [4.78, 5) is 8.72. The molecule has 1 fully saturated rings. The molecule has 1 aliphatic rings. The van der Waals surface area contributed by atoms with E-state index in [1.165, 1.54) is 24.8 Å². The predicted molar refractivity (Wildman–Crippen MR) is 76.0 cm³/mol. The van der Waals surface area contributed by atoms with Gasteiger partial charge in [-0.05, 0) is 32.6 Å². The van der Waals surface area contributed by atoms with Crippen LogP contribution in [0.4, 0.5) is 11.6 Å². The van der Waals surface area contributed by atoms with Crippen molar-refractivity contribution in [1.29, 1.82) is 0 Å². The average molecular weight is 248 g/mol. The highest BCUT2D eigenvalue weighted by Gasteiger charge is 2.24. The molecular weight excluding hydrogens is 224 g/mol. The Bertz CT molecular complexity index is 387. The van der Waals surface area contributed by atoms with Crippen molar-refractivity contribution in [3.63, 3.8) is 0 Å². The van der Waals surface area contributed by atoms with E-state index in [9.17, 15) is 0 Å². The smallest absolute Gasteiger partial charge is 0.134 e. The number of aromatic nitrogens is 2. The van der Waals surface area contributed by atoms with Gasteiger partial charge in [0.25, 0.3) is 0 Å². The van der Waals surface area contributed by atoms with Gasteiger partial charge in [0.05, 0.1) is 0 Å². The first-order valence-electron chi connectivity index (χ1n) is 7.08. The van der Waals surface area contributed by atoms with Crippen molar-refractivity contribution in [3.05, 3.63) is 11.9 Å². The van der Waals surface area contributed by atoms with Gasteiger partial charge >= 0.3 is 0 Å². The summed E-state index contributed by atoms with van der Waals surface area (Å²) in [5.41, 5.74) is 1.20. The molecule has 4 heteroatoms. The van der Waals surface area contributed by atoms with Gasteiger partial charge < -0.3 is 10.6 Å². The molecule has 1 aliphatic carbocycles. The molecule has 0 spiro atoms. The lowest BCUT2D eigenvalue weighted by atomic mass is 10.1. The first-order chi connectivity index (χ1) is 8.74. The summed E-state index contributed by atoms with van der Waals surface area (Å²) < 4.78 is 0. The van der Waals surface area contributed by atoms with E-state index in [0.29, 0.717) is 6.04 Å². The number of hydrogen-bond acceptors (Lipinski definition) is 4. The fourth-order valence-corrected chi connectivity index (χ4v) is 2.34. The van der Waals surface area contributed by atoms with E-state index in [-0.39, 0.29) is 0 Å². The SMILES string of the molecule is CCNc1ncnc(NC(C)CC2CC2)c1CC. The van der Waals surface area contributed by atoms with Crippen molar-refractivity contribution in [2.45, 2.75) is 52.5 Å². The van der Waals surface area contributed by atoms with Crippen LogP contribution in [0, 0.1) is 5.92 Å². The van der Waals surface area contributed by atoms with Gasteiger partial charge in [-0.25, -0.2) is 9.97 Å². The summed E-state index contributed by atoms with van der Waals surface area (Å²) >= 11 is 0. The van der Waals surface area contributed by atoms with Crippen LogP contribution in [0.5, 0.6) is 0 Å². The molecule has 2 rings (SSSR count). The molecule has 0 saturated heterocycles. The van der Waals surface area contributed by atoms with Gasteiger partial charge in [0.1, 0.15) is 18.0 Å². The van der Waals surface area contributed by atoms with Crippen molar-refractivity contribution >= 4 is 11.6 Å². The zero-order valence-electron chi connectivity index (χ0n) is 11.7. The minimum absolute atomic E-state index is 0.493. The summed E-state index contributed by atoms with van der Waals surface area (Å²) in [6.07, 6.45) is 6.65. The molecule has 1 heterocycles. The normalized spacial score (nSPS) is 16.4. The maximum absolute atomic E-state index is 4.40. The van der Waals surface area contributed by atoms with Gasteiger partial charge in [-0.1, -0.05) is 19.8 Å². The Morgan fingerprint density at radius 3 is 2.61 bits per heavy atom. The summed E-state index contributed by atoms with van der Waals surface area (Å²) in [6.45, 7) is 7.37. The fourth-order valence-electron chi connectivity index (χ4n) is 2.34. The molecule has 18 heavy (non-hydrogen) atoms. The largest absolute Gasteiger partial charge is 0.370 e. The lowest BCUT2D eigenvalue weighted by molar-refractivity contribution is 0.639. The molecule has 0 aromatic carbocycles. The Balaban J connectivity index is 2.07. The van der Waals surface area contributed by atoms with Crippen molar-refractivity contribution < 1.29 is 0 Å². The van der Waals surface area contributed by atoms with E-state index in [0.717, 1.165) is 30.5 Å². The second-order valence-electron chi connectivity index (χ2n) is 5.16. The molecular formula is C14H24N4. The lowest BCUT2D eigenvalue weighted by Crippen LogP contribution is -2.19. The van der Waals surface area contributed by atoms with E-state index in [4.69, 9.17) is 0 Å². The Kier molecular flexibility index (Phi) is 4.39. The number of hydrogen-bond donors (Lipinski definition) is 2. The zero-order valence-corrected chi connectivity index (χ0v) is 11.7. The highest BCUT2D eigenvalue weighted by molar-refractivity contribution is 5.57. The summed E-state index contributed by atoms with van der Waals surface area (Å²) in [7, 11) is 0. The topological polar surface area (TPSA) is 49.8 Å². The van der Waals surface area contributed by atoms with Crippen LogP contribution in [0.2, 0.25) is 0 Å². The molecule has 0 amide bonds. The van der Waals surface area contributed by atoms with Gasteiger partial charge in [0.15, 0.2) is 0 Å². The number of rotatable bonds is 7. The third-order valence-electron chi connectivity index (χ3n) is 3.41. The molecule has 1 saturated carbocycles. The van der Waals surface area contributed by atoms with Crippen molar-refractivity contribution in [1.82, 2.24) is 9.97 Å². The van der Waals surface area contributed by atoms with E-state index in [1.54, 1.807) is 6.33 Å². The highest BCUT2D eigenvalue weighted by Crippen LogP contribution is 2.34. The number of nitrogens with zero attached hydrogens (tertiary/aromatic N) is 2. The molecule has 0 bridgehead atoms. The fraction of sp³-hybridized carbons (Fsp3) is 0.714. The van der Waals surface area contributed by atoms with Crippen molar-refractivity contribution in [3.8, 4) is 0 Å². The Hall–Kier alpha value is -1.32. The first-order valence-corrected chi connectivity index (χ1v) is 7.08. The van der Waals surface area contributed by atoms with Crippen LogP contribution in [0.25, 0.3) is 0 Å². The Morgan fingerprint density at radius 2 is 2.00 bits per heavy atom. The van der Waals surface area contributed by atoms with Gasteiger partial charge in [-0.2, -0.15) is 0 Å².